The van der Waals surface area contributed by atoms with E-state index in [1.165, 1.54) is 35.5 Å². The molecule has 0 spiro atoms. The van der Waals surface area contributed by atoms with Crippen LogP contribution in [0, 0.1) is 0 Å². The van der Waals surface area contributed by atoms with Gasteiger partial charge in [0.1, 0.15) is 0 Å². The summed E-state index contributed by atoms with van der Waals surface area (Å²) in [5.74, 6) is 0.0329. The van der Waals surface area contributed by atoms with Crippen molar-refractivity contribution in [2.24, 2.45) is 0 Å². The van der Waals surface area contributed by atoms with Crippen LogP contribution < -0.4 is 10.1 Å². The maximum Gasteiger partial charge on any atom is 0.273 e. The van der Waals surface area contributed by atoms with Crippen molar-refractivity contribution >= 4 is 28.1 Å². The molecule has 1 aromatic carbocycles. The third-order valence-corrected chi connectivity index (χ3v) is 7.89. The van der Waals surface area contributed by atoms with E-state index in [9.17, 15) is 13.6 Å². The summed E-state index contributed by atoms with van der Waals surface area (Å²) in [6.45, 7) is 5.62. The van der Waals surface area contributed by atoms with Crippen LogP contribution >= 0.6 is 11.3 Å². The van der Waals surface area contributed by atoms with Crippen LogP contribution in [0.25, 0.3) is 10.9 Å². The number of carbonyl (C=O) groups is 1. The maximum absolute atomic E-state index is 12.4. The predicted octanol–water partition coefficient (Wildman–Crippen LogP) is 6.02. The van der Waals surface area contributed by atoms with Gasteiger partial charge in [-0.2, -0.15) is 0 Å². The predicted molar refractivity (Wildman–Crippen MR) is 139 cm³/mol. The SMILES string of the molecule is CCN1CCc2sc(OCC(F)F)nc2C1C.O=C(NC1CCCCC1)c1cccc2ncccc12. The zero-order chi connectivity index (χ0) is 25.5. The van der Waals surface area contributed by atoms with E-state index >= 15 is 0 Å². The van der Waals surface area contributed by atoms with Crippen LogP contribution in [0.1, 0.15) is 72.9 Å². The van der Waals surface area contributed by atoms with Crippen molar-refractivity contribution in [1.29, 1.82) is 0 Å². The van der Waals surface area contributed by atoms with Crippen molar-refractivity contribution in [3.63, 3.8) is 0 Å². The summed E-state index contributed by atoms with van der Waals surface area (Å²) in [6.07, 6.45) is 6.20. The van der Waals surface area contributed by atoms with Gasteiger partial charge < -0.3 is 10.1 Å². The molecule has 1 unspecified atom stereocenters. The highest BCUT2D eigenvalue weighted by Crippen LogP contribution is 2.35. The molecule has 1 fully saturated rings. The molecule has 1 amide bonds. The Morgan fingerprint density at radius 3 is 2.78 bits per heavy atom. The lowest BCUT2D eigenvalue weighted by Gasteiger charge is -2.31. The van der Waals surface area contributed by atoms with Crippen LogP contribution in [0.3, 0.4) is 0 Å². The van der Waals surface area contributed by atoms with Gasteiger partial charge in [-0.15, -0.1) is 0 Å². The fraction of sp³-hybridized carbons (Fsp3) is 0.519. The van der Waals surface area contributed by atoms with Crippen molar-refractivity contribution in [2.45, 2.75) is 70.9 Å². The molecule has 0 saturated heterocycles. The Labute approximate surface area is 215 Å². The molecule has 3 aromatic rings. The Hall–Kier alpha value is -2.65. The summed E-state index contributed by atoms with van der Waals surface area (Å²) in [4.78, 5) is 24.5. The number of carbonyl (C=O) groups excluding carboxylic acids is 1. The van der Waals surface area contributed by atoms with E-state index in [-0.39, 0.29) is 11.9 Å². The number of nitrogens with one attached hydrogen (secondary N) is 1. The highest BCUT2D eigenvalue weighted by atomic mass is 32.1. The number of benzene rings is 1. The lowest BCUT2D eigenvalue weighted by molar-refractivity contribution is 0.0815. The van der Waals surface area contributed by atoms with Crippen molar-refractivity contribution in [2.75, 3.05) is 19.7 Å². The quantitative estimate of drug-likeness (QED) is 0.434. The first-order valence-corrected chi connectivity index (χ1v) is 13.6. The molecule has 5 rings (SSSR count). The number of aromatic nitrogens is 2. The molecule has 9 heteroatoms. The van der Waals surface area contributed by atoms with Crippen molar-refractivity contribution in [3.8, 4) is 5.19 Å². The van der Waals surface area contributed by atoms with Crippen molar-refractivity contribution in [3.05, 3.63) is 52.7 Å². The second kappa shape index (κ2) is 12.5. The van der Waals surface area contributed by atoms with Crippen molar-refractivity contribution in [1.82, 2.24) is 20.2 Å². The summed E-state index contributed by atoms with van der Waals surface area (Å²) < 4.78 is 29.1. The molecule has 6 nitrogen and oxygen atoms in total. The third kappa shape index (κ3) is 6.56. The van der Waals surface area contributed by atoms with Crippen LogP contribution in [0.15, 0.2) is 36.5 Å². The Morgan fingerprint density at radius 1 is 1.22 bits per heavy atom. The molecule has 0 bridgehead atoms. The van der Waals surface area contributed by atoms with E-state index in [0.29, 0.717) is 11.2 Å². The molecular formula is C27H34F2N4O2S. The average molecular weight is 517 g/mol. The molecule has 1 atom stereocenters. The molecule has 194 valence electrons. The Kier molecular flexibility index (Phi) is 9.20. The smallest absolute Gasteiger partial charge is 0.273 e. The van der Waals surface area contributed by atoms with Gasteiger partial charge in [-0.1, -0.05) is 49.7 Å². The average Bonchev–Trinajstić information content (AvgIpc) is 3.32. The van der Waals surface area contributed by atoms with Gasteiger partial charge in [-0.25, -0.2) is 13.8 Å². The molecule has 2 aliphatic rings. The topological polar surface area (TPSA) is 67.3 Å². The Bertz CT molecular complexity index is 1140. The molecule has 1 aliphatic carbocycles. The van der Waals surface area contributed by atoms with E-state index < -0.39 is 13.0 Å². The molecule has 1 N–H and O–H groups in total. The van der Waals surface area contributed by atoms with E-state index in [1.807, 2.05) is 30.3 Å². The summed E-state index contributed by atoms with van der Waals surface area (Å²) in [5.41, 5.74) is 2.60. The summed E-state index contributed by atoms with van der Waals surface area (Å²) in [6, 6.07) is 10.1. The second-order valence-corrected chi connectivity index (χ2v) is 10.3. The number of ether oxygens (including phenoxy) is 1. The maximum atomic E-state index is 12.4. The number of pyridine rings is 1. The van der Waals surface area contributed by atoms with Crippen LogP contribution in [0.5, 0.6) is 5.19 Å². The lowest BCUT2D eigenvalue weighted by Crippen LogP contribution is -2.36. The standard InChI is InChI=1S/C16H18N2O.C11H16F2N2OS/c19-16(18-12-6-2-1-3-7-12)14-8-4-10-15-13(14)9-5-11-17-15;1-3-15-5-4-8-10(7(15)2)14-11(17-8)16-6-9(12)13/h4-5,8-12H,1-3,6-7H2,(H,18,19);7,9H,3-6H2,1-2H3. The molecule has 2 aromatic heterocycles. The number of halogens is 2. The number of likely N-dealkylation sites (N-methyl/N-ethyl adjacent to an activating group) is 1. The van der Waals surface area contributed by atoms with Gasteiger partial charge in [-0.05, 0) is 50.9 Å². The minimum absolute atomic E-state index is 0.0329. The van der Waals surface area contributed by atoms with Gasteiger partial charge in [0.2, 0.25) is 0 Å². The fourth-order valence-electron chi connectivity index (χ4n) is 4.90. The molecule has 1 aliphatic heterocycles. The number of rotatable bonds is 6. The van der Waals surface area contributed by atoms with Gasteiger partial charge >= 0.3 is 0 Å². The monoisotopic (exact) mass is 516 g/mol. The highest BCUT2D eigenvalue weighted by Gasteiger charge is 2.27. The second-order valence-electron chi connectivity index (χ2n) is 9.23. The van der Waals surface area contributed by atoms with Gasteiger partial charge in [0.15, 0.2) is 6.61 Å². The van der Waals surface area contributed by atoms with Crippen LogP contribution in [0.4, 0.5) is 8.78 Å². The number of hydrogen-bond donors (Lipinski definition) is 1. The van der Waals surface area contributed by atoms with E-state index in [1.54, 1.807) is 6.20 Å². The number of thiazole rings is 1. The minimum atomic E-state index is -2.44. The van der Waals surface area contributed by atoms with Gasteiger partial charge in [0.05, 0.1) is 17.3 Å². The number of nitrogens with zero attached hydrogens (tertiary/aromatic N) is 3. The molecule has 36 heavy (non-hydrogen) atoms. The first-order chi connectivity index (χ1) is 17.5. The van der Waals surface area contributed by atoms with E-state index in [4.69, 9.17) is 4.74 Å². The molecule has 0 radical (unpaired) electrons. The zero-order valence-electron chi connectivity index (χ0n) is 20.9. The number of amides is 1. The number of alkyl halides is 2. The van der Waals surface area contributed by atoms with Gasteiger partial charge in [0, 0.05) is 34.6 Å². The third-order valence-electron chi connectivity index (χ3n) is 6.85. The van der Waals surface area contributed by atoms with Crippen LogP contribution in [0.2, 0.25) is 0 Å². The minimum Gasteiger partial charge on any atom is -0.464 e. The molecule has 1 saturated carbocycles. The number of fused-ring (bicyclic) bond motifs is 2. The summed E-state index contributed by atoms with van der Waals surface area (Å²) in [5, 5.41) is 4.46. The van der Waals surface area contributed by atoms with Gasteiger partial charge in [0.25, 0.3) is 17.5 Å². The Morgan fingerprint density at radius 2 is 2.03 bits per heavy atom. The Balaban J connectivity index is 0.000000170. The van der Waals surface area contributed by atoms with E-state index in [0.717, 1.165) is 54.5 Å². The molecular weight excluding hydrogens is 482 g/mol. The normalized spacial score (nSPS) is 18.4. The first kappa shape index (κ1) is 26.4. The lowest BCUT2D eigenvalue weighted by atomic mass is 9.95. The van der Waals surface area contributed by atoms with E-state index in [2.05, 4.69) is 34.0 Å². The first-order valence-electron chi connectivity index (χ1n) is 12.8. The zero-order valence-corrected chi connectivity index (χ0v) is 21.7. The van der Waals surface area contributed by atoms with Gasteiger partial charge in [-0.3, -0.25) is 14.7 Å². The highest BCUT2D eigenvalue weighted by molar-refractivity contribution is 7.13. The largest absolute Gasteiger partial charge is 0.464 e. The number of hydrogen-bond acceptors (Lipinski definition) is 6. The fourth-order valence-corrected chi connectivity index (χ4v) is 5.89. The molecule has 3 heterocycles. The summed E-state index contributed by atoms with van der Waals surface area (Å²) >= 11 is 1.40. The summed E-state index contributed by atoms with van der Waals surface area (Å²) in [7, 11) is 0. The van der Waals surface area contributed by atoms with Crippen LogP contribution in [-0.2, 0) is 6.42 Å². The van der Waals surface area contributed by atoms with Crippen molar-refractivity contribution < 1.29 is 18.3 Å². The van der Waals surface area contributed by atoms with Crippen LogP contribution in [-0.4, -0.2) is 52.9 Å².